The van der Waals surface area contributed by atoms with Crippen molar-refractivity contribution in [1.29, 1.82) is 0 Å². The van der Waals surface area contributed by atoms with Gasteiger partial charge in [0.15, 0.2) is 0 Å². The van der Waals surface area contributed by atoms with Gasteiger partial charge in [-0.3, -0.25) is 0 Å². The maximum atomic E-state index is 9.89. The Kier molecular flexibility index (Phi) is 2.34. The molecule has 2 rings (SSSR count). The summed E-state index contributed by atoms with van der Waals surface area (Å²) in [6, 6.07) is 5.81. The van der Waals surface area contributed by atoms with Crippen molar-refractivity contribution >= 4 is 17.8 Å². The highest BCUT2D eigenvalue weighted by Gasteiger charge is 2.12. The third kappa shape index (κ3) is 1.74. The second kappa shape index (κ2) is 3.64. The summed E-state index contributed by atoms with van der Waals surface area (Å²) in [5.74, 6) is 1.60. The third-order valence-electron chi connectivity index (χ3n) is 1.76. The Labute approximate surface area is 79.8 Å². The van der Waals surface area contributed by atoms with Crippen LogP contribution >= 0.6 is 11.8 Å². The topological polar surface area (TPSA) is 38.7 Å². The average molecular weight is 193 g/mol. The second-order valence-electron chi connectivity index (χ2n) is 2.60. The number of ether oxygens (including phenoxy) is 1. The van der Waals surface area contributed by atoms with Crippen LogP contribution in [0.2, 0.25) is 0 Å². The Bertz CT molecular complexity index is 372. The number of thioether (sulfide) groups is 1. The van der Waals surface area contributed by atoms with Crippen molar-refractivity contribution < 1.29 is 9.53 Å². The molecule has 0 radical (unpaired) electrons. The van der Waals surface area contributed by atoms with E-state index in [0.29, 0.717) is 12.5 Å². The molecule has 3 nitrogen and oxygen atoms in total. The first-order chi connectivity index (χ1) is 6.40. The van der Waals surface area contributed by atoms with Gasteiger partial charge in [0.25, 0.3) is 0 Å². The number of hydrogen-bond acceptors (Lipinski definition) is 4. The zero-order chi connectivity index (χ0) is 9.10. The van der Waals surface area contributed by atoms with E-state index < -0.39 is 0 Å². The second-order valence-corrected chi connectivity index (χ2v) is 3.56. The summed E-state index contributed by atoms with van der Waals surface area (Å²) >= 11 is 1.65. The molecule has 1 aromatic carbocycles. The highest BCUT2D eigenvalue weighted by molar-refractivity contribution is 7.99. The van der Waals surface area contributed by atoms with Gasteiger partial charge >= 0.3 is 0 Å². The molecule has 13 heavy (non-hydrogen) atoms. The summed E-state index contributed by atoms with van der Waals surface area (Å²) in [5, 5.41) is 0. The minimum atomic E-state index is 0.400. The van der Waals surface area contributed by atoms with E-state index in [4.69, 9.17) is 4.74 Å². The Balaban J connectivity index is 2.25. The van der Waals surface area contributed by atoms with Crippen LogP contribution in [0.4, 0.5) is 0 Å². The van der Waals surface area contributed by atoms with Crippen LogP contribution in [0, 0.1) is 0 Å². The van der Waals surface area contributed by atoms with Gasteiger partial charge in [-0.1, -0.05) is 17.8 Å². The number of isocyanates is 1. The lowest BCUT2D eigenvalue weighted by atomic mass is 10.2. The Hall–Kier alpha value is -1.25. The van der Waals surface area contributed by atoms with Crippen LogP contribution in [0.5, 0.6) is 5.75 Å². The molecule has 1 aliphatic rings. The van der Waals surface area contributed by atoms with Crippen LogP contribution in [-0.4, -0.2) is 12.0 Å². The number of rotatable bonds is 2. The van der Waals surface area contributed by atoms with E-state index in [-0.39, 0.29) is 0 Å². The summed E-state index contributed by atoms with van der Waals surface area (Å²) in [6.45, 7) is 0.400. The van der Waals surface area contributed by atoms with Crippen LogP contribution in [0.15, 0.2) is 28.1 Å². The smallest absolute Gasteiger partial charge is 0.235 e. The highest BCUT2D eigenvalue weighted by Crippen LogP contribution is 2.36. The monoisotopic (exact) mass is 193 g/mol. The molecule has 0 aromatic heterocycles. The quantitative estimate of drug-likeness (QED) is 0.532. The van der Waals surface area contributed by atoms with Crippen molar-refractivity contribution in [2.45, 2.75) is 11.4 Å². The first-order valence-corrected chi connectivity index (χ1v) is 4.81. The lowest BCUT2D eigenvalue weighted by Crippen LogP contribution is -1.84. The van der Waals surface area contributed by atoms with E-state index in [1.165, 1.54) is 6.08 Å². The van der Waals surface area contributed by atoms with Gasteiger partial charge in [0.1, 0.15) is 11.7 Å². The van der Waals surface area contributed by atoms with Gasteiger partial charge in [0.2, 0.25) is 6.08 Å². The van der Waals surface area contributed by atoms with Crippen molar-refractivity contribution in [3.63, 3.8) is 0 Å². The molecule has 0 amide bonds. The maximum Gasteiger partial charge on any atom is 0.235 e. The zero-order valence-electron chi connectivity index (χ0n) is 6.82. The molecule has 1 aromatic rings. The van der Waals surface area contributed by atoms with Gasteiger partial charge in [-0.05, 0) is 17.7 Å². The Morgan fingerprint density at radius 1 is 1.62 bits per heavy atom. The van der Waals surface area contributed by atoms with Crippen molar-refractivity contribution in [1.82, 2.24) is 0 Å². The predicted octanol–water partition coefficient (Wildman–Crippen LogP) is 1.96. The summed E-state index contributed by atoms with van der Waals surface area (Å²) in [7, 11) is 0. The largest absolute Gasteiger partial charge is 0.481 e. The Morgan fingerprint density at radius 2 is 2.54 bits per heavy atom. The normalized spacial score (nSPS) is 12.9. The molecule has 0 fully saturated rings. The number of carbonyl (C=O) groups excluding carboxylic acids is 1. The molecule has 4 heteroatoms. The molecule has 0 spiro atoms. The predicted molar refractivity (Wildman–Crippen MR) is 49.6 cm³/mol. The number of hydrogen-bond donors (Lipinski definition) is 0. The molecule has 1 heterocycles. The van der Waals surface area contributed by atoms with Gasteiger partial charge in [0.05, 0.1) is 11.4 Å². The molecule has 0 unspecified atom stereocenters. The first-order valence-electron chi connectivity index (χ1n) is 3.82. The van der Waals surface area contributed by atoms with E-state index in [0.717, 1.165) is 16.2 Å². The van der Waals surface area contributed by atoms with Crippen molar-refractivity contribution in [2.75, 3.05) is 5.94 Å². The van der Waals surface area contributed by atoms with Gasteiger partial charge < -0.3 is 4.74 Å². The minimum Gasteiger partial charge on any atom is -0.481 e. The first kappa shape index (κ1) is 8.35. The molecule has 0 N–H and O–H groups in total. The van der Waals surface area contributed by atoms with Crippen LogP contribution < -0.4 is 4.74 Å². The fourth-order valence-corrected chi connectivity index (χ4v) is 1.98. The van der Waals surface area contributed by atoms with E-state index in [1.807, 2.05) is 18.2 Å². The summed E-state index contributed by atoms with van der Waals surface area (Å²) < 4.78 is 5.31. The van der Waals surface area contributed by atoms with E-state index >= 15 is 0 Å². The number of aliphatic imine (C=N–C) groups is 1. The lowest BCUT2D eigenvalue weighted by molar-refractivity contribution is 0.397. The lowest BCUT2D eigenvalue weighted by Gasteiger charge is -1.98. The zero-order valence-corrected chi connectivity index (χ0v) is 7.63. The molecular weight excluding hydrogens is 186 g/mol. The molecule has 0 atom stereocenters. The molecule has 66 valence electrons. The third-order valence-corrected chi connectivity index (χ3v) is 2.63. The van der Waals surface area contributed by atoms with Crippen molar-refractivity contribution in [3.8, 4) is 5.75 Å². The van der Waals surface area contributed by atoms with Crippen molar-refractivity contribution in [2.24, 2.45) is 4.99 Å². The molecule has 1 aliphatic heterocycles. The van der Waals surface area contributed by atoms with Gasteiger partial charge in [-0.15, -0.1) is 0 Å². The van der Waals surface area contributed by atoms with E-state index in [1.54, 1.807) is 11.8 Å². The van der Waals surface area contributed by atoms with E-state index in [9.17, 15) is 4.79 Å². The van der Waals surface area contributed by atoms with Gasteiger partial charge in [-0.25, -0.2) is 9.79 Å². The molecular formula is C9H7NO2S. The SMILES string of the molecule is O=C=NCc1ccc2c(c1)SCO2. The molecule has 0 bridgehead atoms. The summed E-state index contributed by atoms with van der Waals surface area (Å²) in [6.07, 6.45) is 1.52. The standard InChI is InChI=1S/C9H7NO2S/c11-5-10-4-7-1-2-8-9(3-7)13-6-12-8/h1-3H,4,6H2. The molecule has 0 saturated carbocycles. The highest BCUT2D eigenvalue weighted by atomic mass is 32.2. The summed E-state index contributed by atoms with van der Waals surface area (Å²) in [5.41, 5.74) is 1.01. The van der Waals surface area contributed by atoms with Crippen LogP contribution in [-0.2, 0) is 11.3 Å². The average Bonchev–Trinajstić information content (AvgIpc) is 2.61. The van der Waals surface area contributed by atoms with Gasteiger partial charge in [0, 0.05) is 0 Å². The number of benzene rings is 1. The minimum absolute atomic E-state index is 0.400. The summed E-state index contributed by atoms with van der Waals surface area (Å²) in [4.78, 5) is 14.5. The number of nitrogens with zero attached hydrogens (tertiary/aromatic N) is 1. The number of fused-ring (bicyclic) bond motifs is 1. The van der Waals surface area contributed by atoms with E-state index in [2.05, 4.69) is 4.99 Å². The van der Waals surface area contributed by atoms with Crippen LogP contribution in [0.25, 0.3) is 0 Å². The van der Waals surface area contributed by atoms with Crippen LogP contribution in [0.3, 0.4) is 0 Å². The van der Waals surface area contributed by atoms with Crippen LogP contribution in [0.1, 0.15) is 5.56 Å². The fraction of sp³-hybridized carbons (Fsp3) is 0.222. The molecule has 0 saturated heterocycles. The van der Waals surface area contributed by atoms with Gasteiger partial charge in [-0.2, -0.15) is 0 Å². The molecule has 0 aliphatic carbocycles. The fourth-order valence-electron chi connectivity index (χ4n) is 1.16. The van der Waals surface area contributed by atoms with Crippen molar-refractivity contribution in [3.05, 3.63) is 23.8 Å². The Morgan fingerprint density at radius 3 is 3.38 bits per heavy atom. The maximum absolute atomic E-state index is 9.89.